The molecule has 5 aromatic rings. The van der Waals surface area contributed by atoms with Crippen LogP contribution >= 0.6 is 11.3 Å². The first-order chi connectivity index (χ1) is 33.9. The number of ether oxygens (including phenoxy) is 3. The molecule has 3 aliphatic rings. The molecule has 0 bridgehead atoms. The third-order valence-electron chi connectivity index (χ3n) is 14.7. The summed E-state index contributed by atoms with van der Waals surface area (Å²) < 4.78 is 23.1. The van der Waals surface area contributed by atoms with Crippen LogP contribution in [0.3, 0.4) is 0 Å². The van der Waals surface area contributed by atoms with Crippen molar-refractivity contribution in [2.45, 2.75) is 116 Å². The van der Waals surface area contributed by atoms with E-state index in [-0.39, 0.29) is 55.0 Å². The van der Waals surface area contributed by atoms with Crippen molar-refractivity contribution in [3.05, 3.63) is 83.2 Å². The SMILES string of the molecule is Cc1ncsc1-c1ccc([C@H](C)NC(=O)[C@@H]2C[C@@H](O)CN2C(=O)C(c2cc(OCCOCCOCCCCC3CCC4(CC3)CCN(c3cc(-c5ccccc5O)nnc3N)CC4)no2)C(C)C)cc1. The molecule has 1 saturated carbocycles. The van der Waals surface area contributed by atoms with Crippen LogP contribution in [0.1, 0.15) is 114 Å². The molecule has 8 rings (SSSR count). The molecule has 2 amide bonds. The number of nitrogens with zero attached hydrogens (tertiary/aromatic N) is 6. The lowest BCUT2D eigenvalue weighted by Crippen LogP contribution is -2.48. The minimum atomic E-state index is -0.829. The number of aliphatic hydroxyl groups is 1. The fraction of sp³-hybridized carbons (Fsp3) is 0.547. The second kappa shape index (κ2) is 23.5. The topological polar surface area (TPSA) is 212 Å². The van der Waals surface area contributed by atoms with Gasteiger partial charge in [-0.2, -0.15) is 0 Å². The summed E-state index contributed by atoms with van der Waals surface area (Å²) in [4.78, 5) is 37.0. The van der Waals surface area contributed by atoms with Crippen molar-refractivity contribution in [1.29, 1.82) is 0 Å². The number of aromatic nitrogens is 4. The number of benzene rings is 2. The summed E-state index contributed by atoms with van der Waals surface area (Å²) in [5, 5.41) is 36.6. The number of aromatic hydroxyl groups is 1. The zero-order valence-corrected chi connectivity index (χ0v) is 41.9. The number of phenols is 1. The summed E-state index contributed by atoms with van der Waals surface area (Å²) in [6, 6.07) is 17.7. The van der Waals surface area contributed by atoms with Crippen LogP contribution in [-0.2, 0) is 19.1 Å². The van der Waals surface area contributed by atoms with Crippen LogP contribution in [0.15, 0.2) is 70.7 Å². The number of hydrogen-bond acceptors (Lipinski definition) is 15. The molecule has 2 saturated heterocycles. The van der Waals surface area contributed by atoms with E-state index >= 15 is 0 Å². The van der Waals surface area contributed by atoms with Crippen molar-refractivity contribution in [3.63, 3.8) is 0 Å². The average Bonchev–Trinajstić information content (AvgIpc) is 4.12. The Morgan fingerprint density at radius 1 is 0.943 bits per heavy atom. The van der Waals surface area contributed by atoms with Gasteiger partial charge >= 0.3 is 0 Å². The number of piperidine rings is 1. The summed E-state index contributed by atoms with van der Waals surface area (Å²) in [5.74, 6) is 0.449. The maximum atomic E-state index is 14.1. The highest BCUT2D eigenvalue weighted by molar-refractivity contribution is 7.13. The highest BCUT2D eigenvalue weighted by Gasteiger charge is 2.44. The largest absolute Gasteiger partial charge is 0.507 e. The molecule has 3 fully saturated rings. The van der Waals surface area contributed by atoms with Crippen molar-refractivity contribution >= 4 is 34.7 Å². The Morgan fingerprint density at radius 3 is 2.39 bits per heavy atom. The first kappa shape index (κ1) is 50.8. The smallest absolute Gasteiger partial charge is 0.254 e. The monoisotopic (exact) mass is 979 g/mol. The lowest BCUT2D eigenvalue weighted by Gasteiger charge is -2.46. The van der Waals surface area contributed by atoms with E-state index in [0.717, 1.165) is 72.1 Å². The Morgan fingerprint density at radius 2 is 1.67 bits per heavy atom. The molecule has 376 valence electrons. The quantitative estimate of drug-likeness (QED) is 0.0508. The first-order valence-corrected chi connectivity index (χ1v) is 26.0. The second-order valence-electron chi connectivity index (χ2n) is 19.8. The Balaban J connectivity index is 0.682. The van der Waals surface area contributed by atoms with E-state index in [4.69, 9.17) is 24.5 Å². The molecule has 5 heterocycles. The Hall–Kier alpha value is -5.62. The number of aryl methyl sites for hydroxylation is 1. The third-order valence-corrected chi connectivity index (χ3v) is 15.7. The predicted octanol–water partition coefficient (Wildman–Crippen LogP) is 8.49. The first-order valence-electron chi connectivity index (χ1n) is 25.1. The van der Waals surface area contributed by atoms with Crippen molar-refractivity contribution in [2.75, 3.05) is 63.3 Å². The van der Waals surface area contributed by atoms with Crippen molar-refractivity contribution < 1.29 is 38.5 Å². The van der Waals surface area contributed by atoms with Crippen molar-refractivity contribution in [2.24, 2.45) is 17.3 Å². The molecule has 16 nitrogen and oxygen atoms in total. The summed E-state index contributed by atoms with van der Waals surface area (Å²) in [6.07, 6.45) is 10.2. The Kier molecular flexibility index (Phi) is 17.1. The van der Waals surface area contributed by atoms with Crippen LogP contribution in [0.5, 0.6) is 11.6 Å². The number of hydrogen-bond donors (Lipinski definition) is 4. The molecule has 5 N–H and O–H groups in total. The van der Waals surface area contributed by atoms with E-state index in [1.165, 1.54) is 37.0 Å². The number of unbranched alkanes of at least 4 members (excludes halogenated alkanes) is 1. The van der Waals surface area contributed by atoms with E-state index in [2.05, 4.69) is 30.6 Å². The minimum Gasteiger partial charge on any atom is -0.507 e. The van der Waals surface area contributed by atoms with Gasteiger partial charge in [0.25, 0.3) is 5.88 Å². The number of β-amino-alcohol motifs (C(OH)–C–C–N with tert-alkyl or cyclic N) is 1. The molecule has 1 spiro atoms. The number of para-hydroxylation sites is 1. The van der Waals surface area contributed by atoms with Gasteiger partial charge in [-0.1, -0.05) is 63.1 Å². The van der Waals surface area contributed by atoms with Crippen LogP contribution < -0.4 is 20.7 Å². The van der Waals surface area contributed by atoms with Gasteiger partial charge in [-0.25, -0.2) is 4.98 Å². The van der Waals surface area contributed by atoms with E-state index in [1.807, 2.05) is 75.7 Å². The molecular formula is C53H70N8O8S. The Bertz CT molecular complexity index is 2480. The lowest BCUT2D eigenvalue weighted by atomic mass is 9.65. The van der Waals surface area contributed by atoms with Gasteiger partial charge in [0.15, 0.2) is 11.6 Å². The molecule has 3 aromatic heterocycles. The fourth-order valence-corrected chi connectivity index (χ4v) is 11.3. The lowest BCUT2D eigenvalue weighted by molar-refractivity contribution is -0.141. The highest BCUT2D eigenvalue weighted by Crippen LogP contribution is 2.48. The molecule has 4 atom stereocenters. The standard InChI is InChI=1S/C53H70N8O8S/c1-34(2)48(52(65)61-32-40(62)29-44(61)51(64)56-35(3)38-12-14-39(15-13-38)49-36(4)55-33-70-49)46-31-47(59-69-46)68-28-27-67-26-25-66-24-8-7-9-37-16-18-53(19-17-37)20-22-60(23-21-53)43-30-42(57-58-50(43)54)41-10-5-6-11-45(41)63/h5-6,10-15,30-31,33-35,37,40,44,48,62-63H,7-9,16-29,32H2,1-4H3,(H2,54,58)(H,56,64)/t35-,40+,44-,48?/m0/s1. The predicted molar refractivity (Wildman–Crippen MR) is 269 cm³/mol. The number of carbonyl (C=O) groups is 2. The molecule has 0 radical (unpaired) electrons. The van der Waals surface area contributed by atoms with E-state index in [1.54, 1.807) is 29.5 Å². The molecule has 1 aliphatic carbocycles. The molecule has 2 aromatic carbocycles. The van der Waals surface area contributed by atoms with Gasteiger partial charge in [0.05, 0.1) is 59.4 Å². The van der Waals surface area contributed by atoms with Gasteiger partial charge in [0.1, 0.15) is 24.3 Å². The zero-order valence-electron chi connectivity index (χ0n) is 41.1. The molecule has 17 heteroatoms. The van der Waals surface area contributed by atoms with E-state index in [9.17, 15) is 19.8 Å². The summed E-state index contributed by atoms with van der Waals surface area (Å²) in [6.45, 7) is 11.9. The number of nitrogen functional groups attached to an aromatic ring is 1. The number of nitrogens with two attached hydrogens (primary N) is 1. The van der Waals surface area contributed by atoms with Crippen LogP contribution in [0, 0.1) is 24.2 Å². The number of likely N-dealkylation sites (tertiary alicyclic amines) is 1. The van der Waals surface area contributed by atoms with Crippen molar-refractivity contribution in [1.82, 2.24) is 30.6 Å². The molecule has 70 heavy (non-hydrogen) atoms. The van der Waals surface area contributed by atoms with Gasteiger partial charge in [-0.05, 0) is 111 Å². The van der Waals surface area contributed by atoms with Crippen molar-refractivity contribution in [3.8, 4) is 33.3 Å². The van der Waals surface area contributed by atoms with E-state index < -0.39 is 18.1 Å². The fourth-order valence-electron chi connectivity index (χ4n) is 10.5. The molecule has 1 unspecified atom stereocenters. The normalized spacial score (nSPS) is 19.2. The maximum absolute atomic E-state index is 14.1. The molecular weight excluding hydrogens is 909 g/mol. The number of thiazole rings is 1. The second-order valence-corrected chi connectivity index (χ2v) is 20.7. The third kappa shape index (κ3) is 12.5. The number of anilines is 2. The number of nitrogens with one attached hydrogen (secondary N) is 1. The number of carbonyl (C=O) groups excluding carboxylic acids is 2. The summed E-state index contributed by atoms with van der Waals surface area (Å²) >= 11 is 1.59. The summed E-state index contributed by atoms with van der Waals surface area (Å²) in [7, 11) is 0. The number of amides is 2. The molecule has 2 aliphatic heterocycles. The maximum Gasteiger partial charge on any atom is 0.254 e. The Labute approximate surface area is 415 Å². The number of aliphatic hydroxyl groups excluding tert-OH is 1. The van der Waals surface area contributed by atoms with Crippen LogP contribution in [0.2, 0.25) is 0 Å². The number of phenolic OH excluding ortho intramolecular Hbond substituents is 1. The van der Waals surface area contributed by atoms with Gasteiger partial charge in [0.2, 0.25) is 11.8 Å². The van der Waals surface area contributed by atoms with Crippen LogP contribution in [-0.4, -0.2) is 112 Å². The highest BCUT2D eigenvalue weighted by atomic mass is 32.1. The van der Waals surface area contributed by atoms with Gasteiger partial charge < -0.3 is 49.8 Å². The minimum absolute atomic E-state index is 0.0502. The average molecular weight is 979 g/mol. The van der Waals surface area contributed by atoms with E-state index in [0.29, 0.717) is 54.7 Å². The van der Waals surface area contributed by atoms with Gasteiger partial charge in [0, 0.05) is 44.3 Å². The van der Waals surface area contributed by atoms with Crippen LogP contribution in [0.25, 0.3) is 21.7 Å². The van der Waals surface area contributed by atoms with Crippen LogP contribution in [0.4, 0.5) is 11.5 Å². The van der Waals surface area contributed by atoms with Gasteiger partial charge in [-0.3, -0.25) is 9.59 Å². The van der Waals surface area contributed by atoms with Gasteiger partial charge in [-0.15, -0.1) is 21.5 Å². The number of rotatable bonds is 21. The zero-order chi connectivity index (χ0) is 49.2. The summed E-state index contributed by atoms with van der Waals surface area (Å²) in [5.41, 5.74) is 13.7.